The summed E-state index contributed by atoms with van der Waals surface area (Å²) in [4.78, 5) is 42.3. The van der Waals surface area contributed by atoms with Gasteiger partial charge in [-0.1, -0.05) is 81.4 Å². The fourth-order valence-corrected chi connectivity index (χ4v) is 4.71. The normalized spacial score (nSPS) is 14.5. The summed E-state index contributed by atoms with van der Waals surface area (Å²) >= 11 is 0. The first-order valence-corrected chi connectivity index (χ1v) is 13.2. The predicted molar refractivity (Wildman–Crippen MR) is 149 cm³/mol. The van der Waals surface area contributed by atoms with Crippen LogP contribution in [0, 0.1) is 10.1 Å². The van der Waals surface area contributed by atoms with Gasteiger partial charge in [0, 0.05) is 43.8 Å². The Morgan fingerprint density at radius 3 is 2.23 bits per heavy atom. The van der Waals surface area contributed by atoms with Gasteiger partial charge in [0.2, 0.25) is 5.91 Å². The van der Waals surface area contributed by atoms with Crippen molar-refractivity contribution < 1.29 is 19.2 Å². The number of hydrogen-bond acceptors (Lipinski definition) is 5. The average molecular weight is 530 g/mol. The van der Waals surface area contributed by atoms with E-state index in [1.165, 1.54) is 18.2 Å². The number of nitro benzene ring substituents is 1. The van der Waals surface area contributed by atoms with Crippen LogP contribution in [0.1, 0.15) is 47.8 Å². The van der Waals surface area contributed by atoms with Crippen molar-refractivity contribution in [2.45, 2.75) is 45.2 Å². The van der Waals surface area contributed by atoms with Crippen molar-refractivity contribution in [2.75, 3.05) is 26.3 Å². The van der Waals surface area contributed by atoms with Gasteiger partial charge in [-0.2, -0.15) is 0 Å². The van der Waals surface area contributed by atoms with E-state index in [1.54, 1.807) is 15.9 Å². The summed E-state index contributed by atoms with van der Waals surface area (Å²) in [5.74, 6) is -0.589. The molecule has 1 fully saturated rings. The highest BCUT2D eigenvalue weighted by Crippen LogP contribution is 2.25. The van der Waals surface area contributed by atoms with Crippen molar-refractivity contribution in [3.63, 3.8) is 0 Å². The standard InChI is InChI=1S/C31H35N3O5/c1-31(2,3)26-14-12-24(13-15-26)22-33(29(35)25-10-7-11-27(21-25)34(37)38)28(20-23-8-5-4-6-9-23)30(36)32-16-18-39-19-17-32/h4-15,21,28H,16-20,22H2,1-3H3. The Morgan fingerprint density at radius 1 is 0.949 bits per heavy atom. The molecule has 39 heavy (non-hydrogen) atoms. The Kier molecular flexibility index (Phi) is 8.76. The zero-order chi connectivity index (χ0) is 28.0. The van der Waals surface area contributed by atoms with Gasteiger partial charge in [-0.15, -0.1) is 0 Å². The van der Waals surface area contributed by atoms with Crippen LogP contribution in [0.3, 0.4) is 0 Å². The Bertz CT molecular complexity index is 1300. The number of carbonyl (C=O) groups is 2. The largest absolute Gasteiger partial charge is 0.378 e. The van der Waals surface area contributed by atoms with Crippen molar-refractivity contribution in [1.29, 1.82) is 0 Å². The molecular weight excluding hydrogens is 494 g/mol. The smallest absolute Gasteiger partial charge is 0.270 e. The van der Waals surface area contributed by atoms with Crippen molar-refractivity contribution in [3.8, 4) is 0 Å². The van der Waals surface area contributed by atoms with E-state index in [9.17, 15) is 19.7 Å². The molecule has 0 aliphatic carbocycles. The van der Waals surface area contributed by atoms with E-state index in [1.807, 2.05) is 54.6 Å². The highest BCUT2D eigenvalue weighted by atomic mass is 16.6. The molecule has 0 radical (unpaired) electrons. The van der Waals surface area contributed by atoms with Crippen molar-refractivity contribution in [1.82, 2.24) is 9.80 Å². The molecule has 0 bridgehead atoms. The number of hydrogen-bond donors (Lipinski definition) is 0. The third kappa shape index (κ3) is 7.09. The zero-order valence-electron chi connectivity index (χ0n) is 22.7. The van der Waals surface area contributed by atoms with Crippen LogP contribution in [0.2, 0.25) is 0 Å². The number of non-ortho nitro benzene ring substituents is 1. The molecule has 1 aliphatic heterocycles. The SMILES string of the molecule is CC(C)(C)c1ccc(CN(C(=O)c2cccc([N+](=O)[O-])c2)C(Cc2ccccc2)C(=O)N2CCOCC2)cc1. The molecular formula is C31H35N3O5. The second kappa shape index (κ2) is 12.2. The van der Waals surface area contributed by atoms with Crippen LogP contribution in [-0.4, -0.2) is 58.9 Å². The molecule has 3 aromatic carbocycles. The molecule has 0 spiro atoms. The predicted octanol–water partition coefficient (Wildman–Crippen LogP) is 5.00. The fraction of sp³-hybridized carbons (Fsp3) is 0.355. The van der Waals surface area contributed by atoms with E-state index in [-0.39, 0.29) is 29.1 Å². The van der Waals surface area contributed by atoms with Crippen molar-refractivity contribution in [3.05, 3.63) is 111 Å². The second-order valence-electron chi connectivity index (χ2n) is 10.8. The minimum atomic E-state index is -0.806. The number of amides is 2. The molecule has 204 valence electrons. The average Bonchev–Trinajstić information content (AvgIpc) is 2.95. The molecule has 1 aliphatic rings. The molecule has 8 nitrogen and oxygen atoms in total. The van der Waals surface area contributed by atoms with Crippen molar-refractivity contribution in [2.24, 2.45) is 0 Å². The van der Waals surface area contributed by atoms with Crippen LogP contribution >= 0.6 is 0 Å². The lowest BCUT2D eigenvalue weighted by atomic mass is 9.86. The number of ether oxygens (including phenoxy) is 1. The number of benzene rings is 3. The summed E-state index contributed by atoms with van der Waals surface area (Å²) in [5.41, 5.74) is 2.92. The minimum Gasteiger partial charge on any atom is -0.378 e. The molecule has 1 atom stereocenters. The summed E-state index contributed by atoms with van der Waals surface area (Å²) < 4.78 is 5.46. The van der Waals surface area contributed by atoms with Gasteiger partial charge in [-0.25, -0.2) is 0 Å². The molecule has 2 amide bonds. The lowest BCUT2D eigenvalue weighted by Gasteiger charge is -2.36. The van der Waals surface area contributed by atoms with E-state index in [2.05, 4.69) is 20.8 Å². The Hall–Kier alpha value is -4.04. The summed E-state index contributed by atoms with van der Waals surface area (Å²) in [6.45, 7) is 8.37. The minimum absolute atomic E-state index is 0.0286. The van der Waals surface area contributed by atoms with Crippen molar-refractivity contribution >= 4 is 17.5 Å². The molecule has 1 saturated heterocycles. The molecule has 1 unspecified atom stereocenters. The molecule has 3 aromatic rings. The Balaban J connectivity index is 1.76. The van der Waals surface area contributed by atoms with Gasteiger partial charge in [0.25, 0.3) is 11.6 Å². The fourth-order valence-electron chi connectivity index (χ4n) is 4.71. The molecule has 1 heterocycles. The summed E-state index contributed by atoms with van der Waals surface area (Å²) in [6, 6.07) is 22.5. The van der Waals surface area contributed by atoms with Crippen LogP contribution < -0.4 is 0 Å². The highest BCUT2D eigenvalue weighted by Gasteiger charge is 2.35. The molecule has 0 aromatic heterocycles. The third-order valence-corrected chi connectivity index (χ3v) is 6.99. The Morgan fingerprint density at radius 2 is 1.62 bits per heavy atom. The van der Waals surface area contributed by atoms with Gasteiger partial charge < -0.3 is 14.5 Å². The van der Waals surface area contributed by atoms with Crippen LogP contribution in [-0.2, 0) is 27.9 Å². The summed E-state index contributed by atoms with van der Waals surface area (Å²) in [5, 5.41) is 11.4. The van der Waals surface area contributed by atoms with Gasteiger partial charge in [-0.05, 0) is 28.2 Å². The van der Waals surface area contributed by atoms with Gasteiger partial charge in [-0.3, -0.25) is 19.7 Å². The zero-order valence-corrected chi connectivity index (χ0v) is 22.7. The number of nitro groups is 1. The Labute approximate surface area is 229 Å². The first-order valence-electron chi connectivity index (χ1n) is 13.2. The highest BCUT2D eigenvalue weighted by molar-refractivity contribution is 5.98. The summed E-state index contributed by atoms with van der Waals surface area (Å²) in [6.07, 6.45) is 0.317. The van der Waals surface area contributed by atoms with Gasteiger partial charge in [0.15, 0.2) is 0 Å². The van der Waals surface area contributed by atoms with Gasteiger partial charge in [0.05, 0.1) is 18.1 Å². The van der Waals surface area contributed by atoms with Gasteiger partial charge in [0.1, 0.15) is 6.04 Å². The number of rotatable bonds is 8. The lowest BCUT2D eigenvalue weighted by molar-refractivity contribution is -0.384. The van der Waals surface area contributed by atoms with Gasteiger partial charge >= 0.3 is 0 Å². The summed E-state index contributed by atoms with van der Waals surface area (Å²) in [7, 11) is 0. The van der Waals surface area contributed by atoms with E-state index in [0.29, 0.717) is 32.7 Å². The first-order chi connectivity index (χ1) is 18.6. The van der Waals surface area contributed by atoms with Crippen LogP contribution in [0.25, 0.3) is 0 Å². The van der Waals surface area contributed by atoms with E-state index in [0.717, 1.165) is 16.7 Å². The lowest BCUT2D eigenvalue weighted by Crippen LogP contribution is -2.54. The van der Waals surface area contributed by atoms with E-state index >= 15 is 0 Å². The maximum Gasteiger partial charge on any atom is 0.270 e. The number of nitrogens with zero attached hydrogens (tertiary/aromatic N) is 3. The maximum atomic E-state index is 14.1. The first kappa shape index (κ1) is 28.0. The second-order valence-corrected chi connectivity index (χ2v) is 10.8. The van der Waals surface area contributed by atoms with E-state index < -0.39 is 16.9 Å². The van der Waals surface area contributed by atoms with Crippen LogP contribution in [0.5, 0.6) is 0 Å². The molecule has 8 heteroatoms. The van der Waals surface area contributed by atoms with E-state index in [4.69, 9.17) is 4.74 Å². The number of carbonyl (C=O) groups excluding carboxylic acids is 2. The molecule has 0 N–H and O–H groups in total. The monoisotopic (exact) mass is 529 g/mol. The third-order valence-electron chi connectivity index (χ3n) is 6.99. The maximum absolute atomic E-state index is 14.1. The molecule has 0 saturated carbocycles. The number of morpholine rings is 1. The van der Waals surface area contributed by atoms with Crippen LogP contribution in [0.15, 0.2) is 78.9 Å². The molecule has 4 rings (SSSR count). The van der Waals surface area contributed by atoms with Crippen LogP contribution in [0.4, 0.5) is 5.69 Å². The topological polar surface area (TPSA) is 93.0 Å². The quantitative estimate of drug-likeness (QED) is 0.302.